The number of aromatic hydroxyl groups is 1. The maximum Gasteiger partial charge on any atom is 0.165 e. The van der Waals surface area contributed by atoms with Crippen molar-refractivity contribution in [2.75, 3.05) is 0 Å². The Labute approximate surface area is 88.9 Å². The highest BCUT2D eigenvalue weighted by Crippen LogP contribution is 2.37. The molecular formula is C12H16FNO. The first-order chi connectivity index (χ1) is 7.00. The van der Waals surface area contributed by atoms with E-state index in [0.29, 0.717) is 0 Å². The van der Waals surface area contributed by atoms with Crippen LogP contribution in [0, 0.1) is 12.7 Å². The zero-order chi connectivity index (χ0) is 11.1. The molecule has 0 aromatic heterocycles. The zero-order valence-electron chi connectivity index (χ0n) is 8.89. The Bertz CT molecular complexity index is 385. The number of rotatable bonds is 3. The van der Waals surface area contributed by atoms with Crippen molar-refractivity contribution >= 4 is 0 Å². The lowest BCUT2D eigenvalue weighted by atomic mass is 10.00. The Morgan fingerprint density at radius 2 is 2.13 bits per heavy atom. The lowest BCUT2D eigenvalue weighted by molar-refractivity contribution is 0.431. The minimum Gasteiger partial charge on any atom is -0.505 e. The van der Waals surface area contributed by atoms with Gasteiger partial charge in [0, 0.05) is 5.54 Å². The van der Waals surface area contributed by atoms with E-state index < -0.39 is 5.82 Å². The van der Waals surface area contributed by atoms with Crippen molar-refractivity contribution in [3.05, 3.63) is 29.1 Å². The van der Waals surface area contributed by atoms with Gasteiger partial charge in [0.15, 0.2) is 11.6 Å². The second-order valence-electron chi connectivity index (χ2n) is 4.59. The van der Waals surface area contributed by atoms with Crippen molar-refractivity contribution in [1.29, 1.82) is 0 Å². The Morgan fingerprint density at radius 1 is 1.47 bits per heavy atom. The van der Waals surface area contributed by atoms with Crippen LogP contribution in [0.5, 0.6) is 5.75 Å². The molecule has 0 aliphatic heterocycles. The summed E-state index contributed by atoms with van der Waals surface area (Å²) in [5, 5.41) is 9.17. The summed E-state index contributed by atoms with van der Waals surface area (Å²) < 4.78 is 13.1. The molecule has 1 aromatic rings. The van der Waals surface area contributed by atoms with Gasteiger partial charge in [-0.2, -0.15) is 0 Å². The summed E-state index contributed by atoms with van der Waals surface area (Å²) in [6, 6.07) is 2.89. The summed E-state index contributed by atoms with van der Waals surface area (Å²) in [4.78, 5) is 0. The molecule has 15 heavy (non-hydrogen) atoms. The molecule has 0 saturated heterocycles. The van der Waals surface area contributed by atoms with Crippen LogP contribution in [0.2, 0.25) is 0 Å². The van der Waals surface area contributed by atoms with E-state index in [1.807, 2.05) is 6.92 Å². The monoisotopic (exact) mass is 209 g/mol. The van der Waals surface area contributed by atoms with Crippen LogP contribution in [-0.2, 0) is 6.42 Å². The standard InChI is InChI=1S/C12H16FNO/c1-8-6-11(15)10(13)7-9(8)2-3-12(14)4-5-12/h6-7,15H,2-5,14H2,1H3. The molecule has 0 heterocycles. The molecule has 0 amide bonds. The first-order valence-corrected chi connectivity index (χ1v) is 5.27. The quantitative estimate of drug-likeness (QED) is 0.802. The second kappa shape index (κ2) is 3.49. The highest BCUT2D eigenvalue weighted by molar-refractivity contribution is 5.35. The molecule has 1 saturated carbocycles. The van der Waals surface area contributed by atoms with Gasteiger partial charge < -0.3 is 10.8 Å². The summed E-state index contributed by atoms with van der Waals surface area (Å²) in [7, 11) is 0. The molecule has 1 aliphatic rings. The van der Waals surface area contributed by atoms with E-state index in [0.717, 1.165) is 36.8 Å². The first kappa shape index (κ1) is 10.4. The number of nitrogens with two attached hydrogens (primary N) is 1. The Balaban J connectivity index is 2.10. The summed E-state index contributed by atoms with van der Waals surface area (Å²) in [5.41, 5.74) is 7.85. The van der Waals surface area contributed by atoms with Crippen LogP contribution >= 0.6 is 0 Å². The predicted molar refractivity (Wildman–Crippen MR) is 57.3 cm³/mol. The van der Waals surface area contributed by atoms with Crippen LogP contribution in [0.4, 0.5) is 4.39 Å². The van der Waals surface area contributed by atoms with E-state index in [2.05, 4.69) is 0 Å². The van der Waals surface area contributed by atoms with Crippen molar-refractivity contribution < 1.29 is 9.50 Å². The minimum absolute atomic E-state index is 0.000796. The molecule has 2 rings (SSSR count). The van der Waals surface area contributed by atoms with E-state index in [4.69, 9.17) is 10.8 Å². The predicted octanol–water partition coefficient (Wildman–Crippen LogP) is 2.26. The molecule has 82 valence electrons. The van der Waals surface area contributed by atoms with Gasteiger partial charge in [0.2, 0.25) is 0 Å². The smallest absolute Gasteiger partial charge is 0.165 e. The van der Waals surface area contributed by atoms with E-state index in [1.165, 1.54) is 12.1 Å². The number of phenols is 1. The van der Waals surface area contributed by atoms with Crippen LogP contribution in [0.15, 0.2) is 12.1 Å². The van der Waals surface area contributed by atoms with Gasteiger partial charge in [0.25, 0.3) is 0 Å². The van der Waals surface area contributed by atoms with E-state index in [9.17, 15) is 4.39 Å². The van der Waals surface area contributed by atoms with Gasteiger partial charge >= 0.3 is 0 Å². The van der Waals surface area contributed by atoms with Gasteiger partial charge in [0.05, 0.1) is 0 Å². The third-order valence-electron chi connectivity index (χ3n) is 3.19. The molecule has 0 bridgehead atoms. The number of phenolic OH excluding ortho intramolecular Hbond substituents is 1. The maximum absolute atomic E-state index is 13.1. The van der Waals surface area contributed by atoms with Crippen molar-refractivity contribution in [3.8, 4) is 5.75 Å². The molecule has 0 atom stereocenters. The topological polar surface area (TPSA) is 46.2 Å². The molecule has 1 aliphatic carbocycles. The van der Waals surface area contributed by atoms with E-state index >= 15 is 0 Å². The zero-order valence-corrected chi connectivity index (χ0v) is 8.89. The van der Waals surface area contributed by atoms with Gasteiger partial charge in [0.1, 0.15) is 0 Å². The van der Waals surface area contributed by atoms with Gasteiger partial charge in [-0.15, -0.1) is 0 Å². The highest BCUT2D eigenvalue weighted by atomic mass is 19.1. The fourth-order valence-electron chi connectivity index (χ4n) is 1.77. The summed E-state index contributed by atoms with van der Waals surface area (Å²) in [5.74, 6) is -0.817. The summed E-state index contributed by atoms with van der Waals surface area (Å²) in [6.45, 7) is 1.88. The molecule has 1 aromatic carbocycles. The molecule has 0 spiro atoms. The lowest BCUT2D eigenvalue weighted by Gasteiger charge is -2.11. The molecule has 0 radical (unpaired) electrons. The molecule has 2 nitrogen and oxygen atoms in total. The molecule has 0 unspecified atom stereocenters. The van der Waals surface area contributed by atoms with Crippen LogP contribution in [-0.4, -0.2) is 10.6 Å². The normalized spacial score (nSPS) is 17.8. The minimum atomic E-state index is -0.544. The molecular weight excluding hydrogens is 193 g/mol. The Hall–Kier alpha value is -1.09. The van der Waals surface area contributed by atoms with Crippen molar-refractivity contribution in [1.82, 2.24) is 0 Å². The Morgan fingerprint density at radius 3 is 2.73 bits per heavy atom. The molecule has 3 heteroatoms. The third kappa shape index (κ3) is 2.29. The first-order valence-electron chi connectivity index (χ1n) is 5.27. The van der Waals surface area contributed by atoms with Crippen LogP contribution in [0.1, 0.15) is 30.4 Å². The van der Waals surface area contributed by atoms with Gasteiger partial charge in [-0.25, -0.2) is 4.39 Å². The van der Waals surface area contributed by atoms with Crippen LogP contribution < -0.4 is 5.73 Å². The van der Waals surface area contributed by atoms with Gasteiger partial charge in [-0.1, -0.05) is 0 Å². The molecule has 1 fully saturated rings. The molecule has 3 N–H and O–H groups in total. The fraction of sp³-hybridized carbons (Fsp3) is 0.500. The Kier molecular flexibility index (Phi) is 2.43. The van der Waals surface area contributed by atoms with Crippen molar-refractivity contribution in [2.45, 2.75) is 38.1 Å². The summed E-state index contributed by atoms with van der Waals surface area (Å²) >= 11 is 0. The van der Waals surface area contributed by atoms with E-state index in [1.54, 1.807) is 0 Å². The van der Waals surface area contributed by atoms with Crippen molar-refractivity contribution in [2.24, 2.45) is 5.73 Å². The van der Waals surface area contributed by atoms with Gasteiger partial charge in [-0.05, 0) is 55.9 Å². The number of hydrogen-bond acceptors (Lipinski definition) is 2. The largest absolute Gasteiger partial charge is 0.505 e. The SMILES string of the molecule is Cc1cc(O)c(F)cc1CCC1(N)CC1. The average Bonchev–Trinajstić information content (AvgIpc) is 2.89. The lowest BCUT2D eigenvalue weighted by Crippen LogP contribution is -2.22. The van der Waals surface area contributed by atoms with Gasteiger partial charge in [-0.3, -0.25) is 0 Å². The highest BCUT2D eigenvalue weighted by Gasteiger charge is 2.37. The second-order valence-corrected chi connectivity index (χ2v) is 4.59. The third-order valence-corrected chi connectivity index (χ3v) is 3.19. The van der Waals surface area contributed by atoms with Crippen LogP contribution in [0.3, 0.4) is 0 Å². The number of benzene rings is 1. The van der Waals surface area contributed by atoms with E-state index in [-0.39, 0.29) is 11.3 Å². The maximum atomic E-state index is 13.1. The average molecular weight is 209 g/mol. The fourth-order valence-corrected chi connectivity index (χ4v) is 1.77. The number of hydrogen-bond donors (Lipinski definition) is 2. The number of halogens is 1. The van der Waals surface area contributed by atoms with Crippen molar-refractivity contribution in [3.63, 3.8) is 0 Å². The number of aryl methyl sites for hydroxylation is 2. The van der Waals surface area contributed by atoms with Crippen LogP contribution in [0.25, 0.3) is 0 Å². The summed E-state index contributed by atoms with van der Waals surface area (Å²) in [6.07, 6.45) is 3.84.